The smallest absolute Gasteiger partial charge is 0.246 e. The number of nitrogens with one attached hydrogen (secondary N) is 1. The number of benzene rings is 1. The van der Waals surface area contributed by atoms with Crippen LogP contribution in [-0.4, -0.2) is 26.7 Å². The zero-order chi connectivity index (χ0) is 14.5. The predicted molar refractivity (Wildman–Crippen MR) is 73.0 cm³/mol. The van der Waals surface area contributed by atoms with E-state index in [1.807, 2.05) is 0 Å². The minimum Gasteiger partial charge on any atom is -0.325 e. The molecular weight excluding hydrogens is 258 g/mol. The Morgan fingerprint density at radius 1 is 1.40 bits per heavy atom. The molecule has 1 aromatic heterocycles. The van der Waals surface area contributed by atoms with Crippen molar-refractivity contribution in [2.45, 2.75) is 20.0 Å². The van der Waals surface area contributed by atoms with Gasteiger partial charge in [-0.1, -0.05) is 17.3 Å². The lowest BCUT2D eigenvalue weighted by Crippen LogP contribution is -2.19. The van der Waals surface area contributed by atoms with Crippen LogP contribution < -0.4 is 11.1 Å². The molecule has 0 saturated carbocycles. The first-order valence-corrected chi connectivity index (χ1v) is 6.08. The van der Waals surface area contributed by atoms with Crippen molar-refractivity contribution in [3.05, 3.63) is 41.7 Å². The zero-order valence-electron chi connectivity index (χ0n) is 11.0. The van der Waals surface area contributed by atoms with Crippen LogP contribution in [0.25, 0.3) is 0 Å². The van der Waals surface area contributed by atoms with Crippen molar-refractivity contribution in [3.63, 3.8) is 0 Å². The molecule has 0 radical (unpaired) electrons. The molecule has 0 bridgehead atoms. The Kier molecular flexibility index (Phi) is 4.21. The Bertz CT molecular complexity index is 635. The van der Waals surface area contributed by atoms with Crippen LogP contribution in [0.5, 0.6) is 0 Å². The molecule has 0 unspecified atom stereocenters. The average molecular weight is 273 g/mol. The molecule has 2 aromatic rings. The maximum atomic E-state index is 11.8. The van der Waals surface area contributed by atoms with Crippen molar-refractivity contribution in [3.8, 4) is 0 Å². The van der Waals surface area contributed by atoms with Gasteiger partial charge < -0.3 is 11.1 Å². The highest BCUT2D eigenvalue weighted by Crippen LogP contribution is 2.11. The third kappa shape index (κ3) is 3.48. The van der Waals surface area contributed by atoms with Gasteiger partial charge in [0.2, 0.25) is 5.91 Å². The third-order valence-electron chi connectivity index (χ3n) is 2.65. The number of rotatable bonds is 5. The van der Waals surface area contributed by atoms with E-state index in [0.717, 1.165) is 0 Å². The molecule has 0 spiro atoms. The number of Topliss-reactive ketones (excluding diaryl/α,β-unsaturated/α-hetero) is 1. The van der Waals surface area contributed by atoms with E-state index in [0.29, 0.717) is 16.9 Å². The van der Waals surface area contributed by atoms with E-state index in [9.17, 15) is 9.59 Å². The van der Waals surface area contributed by atoms with Crippen molar-refractivity contribution in [1.29, 1.82) is 0 Å². The maximum absolute atomic E-state index is 11.8. The Morgan fingerprint density at radius 3 is 2.85 bits per heavy atom. The molecule has 0 aliphatic heterocycles. The number of ketones is 1. The SMILES string of the molecule is CC(=O)c1cccc(NC(=O)Cn2cc(CN)nn2)c1. The second-order valence-corrected chi connectivity index (χ2v) is 4.30. The Morgan fingerprint density at radius 2 is 2.20 bits per heavy atom. The van der Waals surface area contributed by atoms with Crippen LogP contribution in [0.3, 0.4) is 0 Å². The molecule has 104 valence electrons. The number of aromatic nitrogens is 3. The van der Waals surface area contributed by atoms with Gasteiger partial charge in [-0.05, 0) is 19.1 Å². The summed E-state index contributed by atoms with van der Waals surface area (Å²) in [4.78, 5) is 23.1. The van der Waals surface area contributed by atoms with Crippen LogP contribution in [0, 0.1) is 0 Å². The normalized spacial score (nSPS) is 10.3. The minimum absolute atomic E-state index is 0.0390. The monoisotopic (exact) mass is 273 g/mol. The molecule has 1 amide bonds. The first-order valence-electron chi connectivity index (χ1n) is 6.08. The molecule has 0 saturated heterocycles. The maximum Gasteiger partial charge on any atom is 0.246 e. The second kappa shape index (κ2) is 6.07. The Labute approximate surface area is 115 Å². The van der Waals surface area contributed by atoms with Crippen LogP contribution in [0.1, 0.15) is 23.0 Å². The van der Waals surface area contributed by atoms with Gasteiger partial charge in [0.25, 0.3) is 0 Å². The van der Waals surface area contributed by atoms with Gasteiger partial charge in [0.05, 0.1) is 11.9 Å². The van der Waals surface area contributed by atoms with Crippen LogP contribution in [0.15, 0.2) is 30.5 Å². The van der Waals surface area contributed by atoms with E-state index >= 15 is 0 Å². The van der Waals surface area contributed by atoms with Crippen LogP contribution in [-0.2, 0) is 17.9 Å². The number of nitrogens with zero attached hydrogens (tertiary/aromatic N) is 3. The highest BCUT2D eigenvalue weighted by molar-refractivity contribution is 5.97. The van der Waals surface area contributed by atoms with Crippen molar-refractivity contribution < 1.29 is 9.59 Å². The quantitative estimate of drug-likeness (QED) is 0.775. The first kappa shape index (κ1) is 13.9. The largest absolute Gasteiger partial charge is 0.325 e. The summed E-state index contributed by atoms with van der Waals surface area (Å²) in [6, 6.07) is 6.77. The summed E-state index contributed by atoms with van der Waals surface area (Å²) in [5.41, 5.74) is 7.16. The van der Waals surface area contributed by atoms with Gasteiger partial charge in [-0.15, -0.1) is 5.10 Å². The highest BCUT2D eigenvalue weighted by atomic mass is 16.2. The number of amides is 1. The standard InChI is InChI=1S/C13H15N5O2/c1-9(19)10-3-2-4-11(5-10)15-13(20)8-18-7-12(6-14)16-17-18/h2-5,7H,6,8,14H2,1H3,(H,15,20). The number of anilines is 1. The molecule has 20 heavy (non-hydrogen) atoms. The highest BCUT2D eigenvalue weighted by Gasteiger charge is 2.07. The van der Waals surface area contributed by atoms with Crippen molar-refractivity contribution in [1.82, 2.24) is 15.0 Å². The topological polar surface area (TPSA) is 103 Å². The number of hydrogen-bond acceptors (Lipinski definition) is 5. The van der Waals surface area contributed by atoms with E-state index in [1.54, 1.807) is 30.5 Å². The van der Waals surface area contributed by atoms with Gasteiger partial charge in [-0.25, -0.2) is 4.68 Å². The third-order valence-corrected chi connectivity index (χ3v) is 2.65. The number of hydrogen-bond donors (Lipinski definition) is 2. The van der Waals surface area contributed by atoms with Gasteiger partial charge in [-0.3, -0.25) is 9.59 Å². The van der Waals surface area contributed by atoms with Crippen LogP contribution in [0.2, 0.25) is 0 Å². The summed E-state index contributed by atoms with van der Waals surface area (Å²) >= 11 is 0. The number of carbonyl (C=O) groups is 2. The summed E-state index contributed by atoms with van der Waals surface area (Å²) in [5, 5.41) is 10.3. The Balaban J connectivity index is 2.00. The molecular formula is C13H15N5O2. The molecule has 1 heterocycles. The lowest BCUT2D eigenvalue weighted by atomic mass is 10.1. The summed E-state index contributed by atoms with van der Waals surface area (Å²) in [6.45, 7) is 1.80. The van der Waals surface area contributed by atoms with Gasteiger partial charge in [-0.2, -0.15) is 0 Å². The molecule has 1 aromatic carbocycles. The van der Waals surface area contributed by atoms with Crippen molar-refractivity contribution in [2.75, 3.05) is 5.32 Å². The lowest BCUT2D eigenvalue weighted by molar-refractivity contribution is -0.116. The van der Waals surface area contributed by atoms with Crippen LogP contribution >= 0.6 is 0 Å². The molecule has 2 rings (SSSR count). The van der Waals surface area contributed by atoms with Gasteiger partial charge in [0, 0.05) is 17.8 Å². The fourth-order valence-electron chi connectivity index (χ4n) is 1.67. The predicted octanol–water partition coefficient (Wildman–Crippen LogP) is 0.578. The van der Waals surface area contributed by atoms with E-state index in [-0.39, 0.29) is 24.8 Å². The van der Waals surface area contributed by atoms with Crippen LogP contribution in [0.4, 0.5) is 5.69 Å². The van der Waals surface area contributed by atoms with Gasteiger partial charge in [0.15, 0.2) is 5.78 Å². The number of nitrogens with two attached hydrogens (primary N) is 1. The Hall–Kier alpha value is -2.54. The van der Waals surface area contributed by atoms with E-state index in [4.69, 9.17) is 5.73 Å². The molecule has 0 fully saturated rings. The summed E-state index contributed by atoms with van der Waals surface area (Å²) < 4.78 is 1.41. The lowest BCUT2D eigenvalue weighted by Gasteiger charge is -2.06. The summed E-state index contributed by atoms with van der Waals surface area (Å²) in [7, 11) is 0. The first-order chi connectivity index (χ1) is 9.58. The molecule has 0 atom stereocenters. The molecule has 0 aliphatic rings. The van der Waals surface area contributed by atoms with Crippen molar-refractivity contribution >= 4 is 17.4 Å². The van der Waals surface area contributed by atoms with Gasteiger partial charge >= 0.3 is 0 Å². The van der Waals surface area contributed by atoms with E-state index in [1.165, 1.54) is 11.6 Å². The number of carbonyl (C=O) groups excluding carboxylic acids is 2. The summed E-state index contributed by atoms with van der Waals surface area (Å²) in [6.07, 6.45) is 1.62. The summed E-state index contributed by atoms with van der Waals surface area (Å²) in [5.74, 6) is -0.302. The molecule has 7 heteroatoms. The fourth-order valence-corrected chi connectivity index (χ4v) is 1.67. The molecule has 3 N–H and O–H groups in total. The van der Waals surface area contributed by atoms with E-state index < -0.39 is 0 Å². The van der Waals surface area contributed by atoms with Gasteiger partial charge in [0.1, 0.15) is 6.54 Å². The average Bonchev–Trinajstić information content (AvgIpc) is 2.86. The zero-order valence-corrected chi connectivity index (χ0v) is 11.0. The fraction of sp³-hybridized carbons (Fsp3) is 0.231. The molecule has 7 nitrogen and oxygen atoms in total. The van der Waals surface area contributed by atoms with Crippen molar-refractivity contribution in [2.24, 2.45) is 5.73 Å². The van der Waals surface area contributed by atoms with E-state index in [2.05, 4.69) is 15.6 Å². The minimum atomic E-state index is -0.251. The second-order valence-electron chi connectivity index (χ2n) is 4.30. The molecule has 0 aliphatic carbocycles.